The molecule has 1 aliphatic rings. The Hall–Kier alpha value is -3.14. The van der Waals surface area contributed by atoms with Crippen LogP contribution >= 0.6 is 0 Å². The lowest BCUT2D eigenvalue weighted by Crippen LogP contribution is -2.68. The van der Waals surface area contributed by atoms with Crippen LogP contribution in [0.2, 0.25) is 5.04 Å². The Morgan fingerprint density at radius 3 is 1.52 bits per heavy atom. The van der Waals surface area contributed by atoms with Gasteiger partial charge in [-0.1, -0.05) is 142 Å². The van der Waals surface area contributed by atoms with E-state index < -0.39 is 39.0 Å². The lowest BCUT2D eigenvalue weighted by atomic mass is 9.98. The highest BCUT2D eigenvalue weighted by Gasteiger charge is 2.53. The highest BCUT2D eigenvalue weighted by molar-refractivity contribution is 6.99. The van der Waals surface area contributed by atoms with E-state index in [1.807, 2.05) is 86.6 Å². The lowest BCUT2D eigenvalue weighted by molar-refractivity contribution is -0.317. The first-order valence-corrected chi connectivity index (χ1v) is 18.1. The summed E-state index contributed by atoms with van der Waals surface area (Å²) in [7, 11) is -2.88. The van der Waals surface area contributed by atoms with Gasteiger partial charge in [0.05, 0.1) is 25.9 Å². The van der Waals surface area contributed by atoms with Gasteiger partial charge in [-0.3, -0.25) is 0 Å². The molecule has 0 aliphatic carbocycles. The number of rotatable bonds is 13. The van der Waals surface area contributed by atoms with Crippen LogP contribution in [0.15, 0.2) is 121 Å². The zero-order valence-corrected chi connectivity index (χ0v) is 28.6. The lowest BCUT2D eigenvalue weighted by Gasteiger charge is -2.47. The molecule has 4 aromatic rings. The summed E-state index contributed by atoms with van der Waals surface area (Å²) < 4.78 is 33.2. The predicted molar refractivity (Wildman–Crippen MR) is 184 cm³/mol. The van der Waals surface area contributed by atoms with Crippen molar-refractivity contribution in [3.8, 4) is 0 Å². The molecule has 244 valence electrons. The van der Waals surface area contributed by atoms with E-state index in [0.29, 0.717) is 13.2 Å². The summed E-state index contributed by atoms with van der Waals surface area (Å²) in [6.07, 6.45) is -3.96. The van der Waals surface area contributed by atoms with Gasteiger partial charge >= 0.3 is 0 Å². The van der Waals surface area contributed by atoms with Crippen molar-refractivity contribution in [3.63, 3.8) is 0 Å². The quantitative estimate of drug-likeness (QED) is 0.175. The Morgan fingerprint density at radius 1 is 0.652 bits per heavy atom. The van der Waals surface area contributed by atoms with Crippen LogP contribution in [0.5, 0.6) is 0 Å². The molecular weight excluding hydrogens is 593 g/mol. The van der Waals surface area contributed by atoms with Crippen molar-refractivity contribution in [2.45, 2.75) is 89.7 Å². The minimum Gasteiger partial charge on any atom is -0.405 e. The van der Waals surface area contributed by atoms with Gasteiger partial charge in [-0.05, 0) is 40.4 Å². The summed E-state index contributed by atoms with van der Waals surface area (Å²) in [4.78, 5) is 0. The standard InChI is InChI=1S/C39H48O6Si/c1-29(2)44-35-34(28-43-46(39(3,4)5,32-22-14-8-15-23-32)33-24-16-9-17-25-33)45-38(40)37(42-27-31-20-12-7-13-21-31)36(35)41-26-30-18-10-6-11-19-30/h6-25,29,34-38,40H,26-28H2,1-5H3/t34-,35-,36+,37-,38?/m1/s1. The monoisotopic (exact) mass is 640 g/mol. The molecule has 0 amide bonds. The Labute approximate surface area is 275 Å². The number of aliphatic hydroxyl groups is 1. The molecule has 1 N–H and O–H groups in total. The highest BCUT2D eigenvalue weighted by atomic mass is 28.4. The maximum atomic E-state index is 11.5. The van der Waals surface area contributed by atoms with Gasteiger partial charge in [0, 0.05) is 0 Å². The fourth-order valence-electron chi connectivity index (χ4n) is 6.38. The van der Waals surface area contributed by atoms with Crippen LogP contribution in [0, 0.1) is 0 Å². The smallest absolute Gasteiger partial charge is 0.261 e. The van der Waals surface area contributed by atoms with E-state index in [2.05, 4.69) is 69.3 Å². The van der Waals surface area contributed by atoms with Crippen molar-refractivity contribution in [2.75, 3.05) is 6.61 Å². The maximum absolute atomic E-state index is 11.5. The summed E-state index contributed by atoms with van der Waals surface area (Å²) in [5.41, 5.74) is 2.02. The van der Waals surface area contributed by atoms with Crippen molar-refractivity contribution >= 4 is 18.7 Å². The topological polar surface area (TPSA) is 66.4 Å². The summed E-state index contributed by atoms with van der Waals surface area (Å²) >= 11 is 0. The molecule has 5 atom stereocenters. The Balaban J connectivity index is 1.48. The average molecular weight is 641 g/mol. The van der Waals surface area contributed by atoms with Crippen LogP contribution in [-0.4, -0.2) is 56.8 Å². The molecule has 4 aromatic carbocycles. The number of hydrogen-bond acceptors (Lipinski definition) is 6. The van der Waals surface area contributed by atoms with Gasteiger partial charge in [-0.15, -0.1) is 0 Å². The molecule has 1 fully saturated rings. The molecule has 0 radical (unpaired) electrons. The second kappa shape index (κ2) is 15.6. The third kappa shape index (κ3) is 8.04. The minimum atomic E-state index is -2.88. The van der Waals surface area contributed by atoms with Crippen molar-refractivity contribution < 1.29 is 28.5 Å². The molecule has 1 aliphatic heterocycles. The van der Waals surface area contributed by atoms with Crippen molar-refractivity contribution in [1.82, 2.24) is 0 Å². The van der Waals surface area contributed by atoms with E-state index in [9.17, 15) is 5.11 Å². The van der Waals surface area contributed by atoms with Crippen LogP contribution in [-0.2, 0) is 36.6 Å². The predicted octanol–water partition coefficient (Wildman–Crippen LogP) is 6.24. The van der Waals surface area contributed by atoms with E-state index in [0.717, 1.165) is 11.1 Å². The maximum Gasteiger partial charge on any atom is 0.261 e. The van der Waals surface area contributed by atoms with Gasteiger partial charge in [0.2, 0.25) is 0 Å². The number of aliphatic hydroxyl groups excluding tert-OH is 1. The van der Waals surface area contributed by atoms with Crippen molar-refractivity contribution in [3.05, 3.63) is 132 Å². The molecule has 7 heteroatoms. The Morgan fingerprint density at radius 2 is 1.09 bits per heavy atom. The average Bonchev–Trinajstić information content (AvgIpc) is 3.06. The van der Waals surface area contributed by atoms with Gasteiger partial charge in [0.15, 0.2) is 6.29 Å². The van der Waals surface area contributed by atoms with E-state index >= 15 is 0 Å². The van der Waals surface area contributed by atoms with Gasteiger partial charge in [0.25, 0.3) is 8.32 Å². The first-order valence-electron chi connectivity index (χ1n) is 16.2. The van der Waals surface area contributed by atoms with Crippen LogP contribution < -0.4 is 10.4 Å². The zero-order valence-electron chi connectivity index (χ0n) is 27.6. The number of hydrogen-bond donors (Lipinski definition) is 1. The molecule has 0 saturated carbocycles. The molecule has 1 saturated heterocycles. The van der Waals surface area contributed by atoms with Crippen molar-refractivity contribution in [2.24, 2.45) is 0 Å². The molecule has 6 nitrogen and oxygen atoms in total. The van der Waals surface area contributed by atoms with Crippen LogP contribution in [0.4, 0.5) is 0 Å². The second-order valence-electron chi connectivity index (χ2n) is 13.2. The molecule has 0 spiro atoms. The summed E-state index contributed by atoms with van der Waals surface area (Å²) in [5, 5.41) is 13.7. The van der Waals surface area contributed by atoms with Crippen LogP contribution in [0.3, 0.4) is 0 Å². The molecule has 1 heterocycles. The van der Waals surface area contributed by atoms with Crippen LogP contribution in [0.25, 0.3) is 0 Å². The van der Waals surface area contributed by atoms with Gasteiger partial charge in [-0.25, -0.2) is 0 Å². The Kier molecular flexibility index (Phi) is 11.6. The molecule has 1 unspecified atom stereocenters. The second-order valence-corrected chi connectivity index (χ2v) is 17.5. The van der Waals surface area contributed by atoms with Gasteiger partial charge in [0.1, 0.15) is 24.4 Å². The first-order chi connectivity index (χ1) is 22.2. The van der Waals surface area contributed by atoms with E-state index in [1.54, 1.807) is 0 Å². The summed E-state index contributed by atoms with van der Waals surface area (Å²) in [6, 6.07) is 41.0. The minimum absolute atomic E-state index is 0.128. The zero-order chi connectivity index (χ0) is 32.6. The van der Waals surface area contributed by atoms with Crippen molar-refractivity contribution in [1.29, 1.82) is 0 Å². The fourth-order valence-corrected chi connectivity index (χ4v) is 10.9. The molecule has 46 heavy (non-hydrogen) atoms. The number of ether oxygens (including phenoxy) is 4. The van der Waals surface area contributed by atoms with Gasteiger partial charge < -0.3 is 28.5 Å². The molecule has 0 aromatic heterocycles. The number of benzene rings is 4. The third-order valence-corrected chi connectivity index (χ3v) is 13.5. The van der Waals surface area contributed by atoms with E-state index in [1.165, 1.54) is 10.4 Å². The van der Waals surface area contributed by atoms with Crippen LogP contribution in [0.1, 0.15) is 45.7 Å². The van der Waals surface area contributed by atoms with E-state index in [4.69, 9.17) is 23.4 Å². The highest BCUT2D eigenvalue weighted by Crippen LogP contribution is 2.38. The third-order valence-electron chi connectivity index (χ3n) is 8.49. The summed E-state index contributed by atoms with van der Waals surface area (Å²) in [6.45, 7) is 11.6. The first kappa shape index (κ1) is 34.2. The summed E-state index contributed by atoms with van der Waals surface area (Å²) in [5.74, 6) is 0. The molecule has 5 rings (SSSR count). The SMILES string of the molecule is CC(C)O[C@H]1[C@H](OCc2ccccc2)[C@@H](OCc2ccccc2)C(O)O[C@@H]1CO[Si](c1ccccc1)(c1ccccc1)C(C)(C)C. The fraction of sp³-hybridized carbons (Fsp3) is 0.385. The molecular formula is C39H48O6Si. The normalized spacial score (nSPS) is 22.2. The van der Waals surface area contributed by atoms with Gasteiger partial charge in [-0.2, -0.15) is 0 Å². The van der Waals surface area contributed by atoms with E-state index in [-0.39, 0.29) is 17.7 Å². The largest absolute Gasteiger partial charge is 0.405 e. The molecule has 0 bridgehead atoms. The Bertz CT molecular complexity index is 1410.